The van der Waals surface area contributed by atoms with Crippen molar-refractivity contribution in [2.24, 2.45) is 0 Å². The van der Waals surface area contributed by atoms with Gasteiger partial charge in [0.2, 0.25) is 0 Å². The third-order valence-electron chi connectivity index (χ3n) is 3.22. The Hall–Kier alpha value is -0.610. The van der Waals surface area contributed by atoms with E-state index < -0.39 is 5.82 Å². The molecule has 0 aromatic heterocycles. The first-order chi connectivity index (χ1) is 10.0. The van der Waals surface area contributed by atoms with Crippen LogP contribution >= 0.6 is 39.1 Å². The van der Waals surface area contributed by atoms with Crippen LogP contribution in [0.4, 0.5) is 4.39 Å². The van der Waals surface area contributed by atoms with Crippen LogP contribution in [-0.4, -0.2) is 6.54 Å². The Bertz CT molecular complexity index is 634. The lowest BCUT2D eigenvalue weighted by atomic mass is 9.99. The van der Waals surface area contributed by atoms with E-state index in [9.17, 15) is 4.39 Å². The number of likely N-dealkylation sites (N-methyl/N-ethyl adjacent to an activating group) is 1. The second kappa shape index (κ2) is 7.59. The Balaban J connectivity index is 2.25. The maximum absolute atomic E-state index is 13.2. The van der Waals surface area contributed by atoms with Crippen LogP contribution in [-0.2, 0) is 6.42 Å². The minimum absolute atomic E-state index is 0.0992. The summed E-state index contributed by atoms with van der Waals surface area (Å²) in [4.78, 5) is 0. The molecule has 0 saturated heterocycles. The van der Waals surface area contributed by atoms with Crippen molar-refractivity contribution in [1.29, 1.82) is 0 Å². The van der Waals surface area contributed by atoms with Gasteiger partial charge in [-0.05, 0) is 64.3 Å². The van der Waals surface area contributed by atoms with Gasteiger partial charge in [0.1, 0.15) is 5.82 Å². The summed E-state index contributed by atoms with van der Waals surface area (Å²) in [5.41, 5.74) is 2.07. The summed E-state index contributed by atoms with van der Waals surface area (Å²) in [6, 6.07) is 10.8. The van der Waals surface area contributed by atoms with Crippen molar-refractivity contribution in [3.63, 3.8) is 0 Å². The summed E-state index contributed by atoms with van der Waals surface area (Å²) < 4.78 is 14.1. The molecule has 0 saturated carbocycles. The summed E-state index contributed by atoms with van der Waals surface area (Å²) in [6.07, 6.45) is 0.714. The molecule has 0 amide bonds. The highest BCUT2D eigenvalue weighted by Crippen LogP contribution is 2.28. The van der Waals surface area contributed by atoms with Gasteiger partial charge in [-0.15, -0.1) is 0 Å². The molecule has 1 nitrogen and oxygen atoms in total. The number of hydrogen-bond donors (Lipinski definition) is 1. The molecule has 0 heterocycles. The van der Waals surface area contributed by atoms with E-state index in [0.29, 0.717) is 11.4 Å². The van der Waals surface area contributed by atoms with Crippen molar-refractivity contribution in [3.05, 3.63) is 67.9 Å². The lowest BCUT2D eigenvalue weighted by molar-refractivity contribution is 0.548. The first-order valence-corrected chi connectivity index (χ1v) is 8.18. The van der Waals surface area contributed by atoms with E-state index in [-0.39, 0.29) is 11.1 Å². The van der Waals surface area contributed by atoms with E-state index in [4.69, 9.17) is 23.2 Å². The van der Waals surface area contributed by atoms with E-state index in [2.05, 4.69) is 21.2 Å². The quantitative estimate of drug-likeness (QED) is 0.681. The standard InChI is InChI=1S/C16H15BrCl2FN/c1-2-21-16(11-4-5-12(17)13(18)9-11)8-10-3-6-15(20)14(19)7-10/h3-7,9,16,21H,2,8H2,1H3. The fourth-order valence-electron chi connectivity index (χ4n) is 2.19. The Kier molecular flexibility index (Phi) is 6.06. The number of benzene rings is 2. The zero-order chi connectivity index (χ0) is 15.4. The van der Waals surface area contributed by atoms with Crippen LogP contribution in [0.5, 0.6) is 0 Å². The van der Waals surface area contributed by atoms with E-state index in [1.54, 1.807) is 12.1 Å². The number of rotatable bonds is 5. The first-order valence-electron chi connectivity index (χ1n) is 6.63. The molecule has 1 atom stereocenters. The molecule has 0 aliphatic rings. The van der Waals surface area contributed by atoms with Crippen molar-refractivity contribution >= 4 is 39.1 Å². The van der Waals surface area contributed by atoms with Gasteiger partial charge in [0, 0.05) is 10.5 Å². The normalized spacial score (nSPS) is 12.4. The molecule has 21 heavy (non-hydrogen) atoms. The van der Waals surface area contributed by atoms with Crippen LogP contribution in [0.1, 0.15) is 24.1 Å². The van der Waals surface area contributed by atoms with E-state index in [0.717, 1.165) is 22.1 Å². The smallest absolute Gasteiger partial charge is 0.141 e. The molecule has 0 aliphatic heterocycles. The molecule has 5 heteroatoms. The second-order valence-electron chi connectivity index (χ2n) is 4.74. The average molecular weight is 391 g/mol. The molecule has 1 unspecified atom stereocenters. The molecular formula is C16H15BrCl2FN. The number of halogens is 4. The minimum Gasteiger partial charge on any atom is -0.310 e. The summed E-state index contributed by atoms with van der Waals surface area (Å²) in [7, 11) is 0. The van der Waals surface area contributed by atoms with Crippen molar-refractivity contribution in [3.8, 4) is 0 Å². The molecule has 0 bridgehead atoms. The van der Waals surface area contributed by atoms with Crippen LogP contribution < -0.4 is 5.32 Å². The van der Waals surface area contributed by atoms with Crippen LogP contribution in [0.15, 0.2) is 40.9 Å². The summed E-state index contributed by atoms with van der Waals surface area (Å²) in [5, 5.41) is 4.24. The van der Waals surface area contributed by atoms with Gasteiger partial charge in [0.25, 0.3) is 0 Å². The highest BCUT2D eigenvalue weighted by molar-refractivity contribution is 9.10. The van der Waals surface area contributed by atoms with E-state index in [1.807, 2.05) is 25.1 Å². The molecule has 2 aromatic rings. The maximum Gasteiger partial charge on any atom is 0.141 e. The molecule has 0 radical (unpaired) electrons. The van der Waals surface area contributed by atoms with Gasteiger partial charge in [-0.2, -0.15) is 0 Å². The van der Waals surface area contributed by atoms with Gasteiger partial charge in [-0.25, -0.2) is 4.39 Å². The Morgan fingerprint density at radius 2 is 1.90 bits per heavy atom. The fraction of sp³-hybridized carbons (Fsp3) is 0.250. The lowest BCUT2D eigenvalue weighted by Gasteiger charge is -2.19. The van der Waals surface area contributed by atoms with Crippen molar-refractivity contribution in [1.82, 2.24) is 5.32 Å². The lowest BCUT2D eigenvalue weighted by Crippen LogP contribution is -2.23. The molecule has 1 N–H and O–H groups in total. The highest BCUT2D eigenvalue weighted by atomic mass is 79.9. The van der Waals surface area contributed by atoms with Gasteiger partial charge in [0.05, 0.1) is 10.0 Å². The van der Waals surface area contributed by atoms with Crippen molar-refractivity contribution < 1.29 is 4.39 Å². The molecule has 0 fully saturated rings. The van der Waals surface area contributed by atoms with E-state index >= 15 is 0 Å². The molecular weight excluding hydrogens is 376 g/mol. The van der Waals surface area contributed by atoms with Crippen LogP contribution in [0, 0.1) is 5.82 Å². The third-order valence-corrected chi connectivity index (χ3v) is 4.74. The monoisotopic (exact) mass is 389 g/mol. The number of hydrogen-bond acceptors (Lipinski definition) is 1. The summed E-state index contributed by atoms with van der Waals surface area (Å²) in [5.74, 6) is -0.396. The topological polar surface area (TPSA) is 12.0 Å². The Morgan fingerprint density at radius 3 is 2.52 bits per heavy atom. The average Bonchev–Trinajstić information content (AvgIpc) is 2.45. The molecule has 2 aromatic carbocycles. The van der Waals surface area contributed by atoms with Gasteiger partial charge < -0.3 is 5.32 Å². The van der Waals surface area contributed by atoms with E-state index in [1.165, 1.54) is 6.07 Å². The summed E-state index contributed by atoms with van der Waals surface area (Å²) >= 11 is 15.4. The fourth-order valence-corrected chi connectivity index (χ4v) is 2.82. The van der Waals surface area contributed by atoms with Crippen molar-refractivity contribution in [2.75, 3.05) is 6.54 Å². The highest BCUT2D eigenvalue weighted by Gasteiger charge is 2.13. The maximum atomic E-state index is 13.2. The largest absolute Gasteiger partial charge is 0.310 e. The van der Waals surface area contributed by atoms with Crippen LogP contribution in [0.25, 0.3) is 0 Å². The van der Waals surface area contributed by atoms with Gasteiger partial charge in [-0.1, -0.05) is 42.3 Å². The summed E-state index contributed by atoms with van der Waals surface area (Å²) in [6.45, 7) is 2.87. The van der Waals surface area contributed by atoms with Gasteiger partial charge in [0.15, 0.2) is 0 Å². The van der Waals surface area contributed by atoms with Crippen molar-refractivity contribution in [2.45, 2.75) is 19.4 Å². The predicted molar refractivity (Wildman–Crippen MR) is 90.7 cm³/mol. The third kappa shape index (κ3) is 4.43. The SMILES string of the molecule is CCNC(Cc1ccc(F)c(Cl)c1)c1ccc(Br)c(Cl)c1. The number of nitrogens with one attached hydrogen (secondary N) is 1. The Morgan fingerprint density at radius 1 is 1.14 bits per heavy atom. The Labute approximate surface area is 142 Å². The predicted octanol–water partition coefficient (Wildman–Crippen LogP) is 5.79. The zero-order valence-electron chi connectivity index (χ0n) is 11.5. The van der Waals surface area contributed by atoms with Crippen LogP contribution in [0.2, 0.25) is 10.0 Å². The molecule has 112 valence electrons. The van der Waals surface area contributed by atoms with Crippen LogP contribution in [0.3, 0.4) is 0 Å². The zero-order valence-corrected chi connectivity index (χ0v) is 14.6. The van der Waals surface area contributed by atoms with Gasteiger partial charge in [-0.3, -0.25) is 0 Å². The molecule has 0 aliphatic carbocycles. The first kappa shape index (κ1) is 16.8. The van der Waals surface area contributed by atoms with Gasteiger partial charge >= 0.3 is 0 Å². The minimum atomic E-state index is -0.396. The molecule has 2 rings (SSSR count). The molecule has 0 spiro atoms. The second-order valence-corrected chi connectivity index (χ2v) is 6.41.